The maximum atomic E-state index is 10.6. The van der Waals surface area contributed by atoms with Crippen LogP contribution in [0, 0.1) is 0 Å². The van der Waals surface area contributed by atoms with E-state index in [2.05, 4.69) is 4.52 Å². The van der Waals surface area contributed by atoms with E-state index in [0.717, 1.165) is 6.08 Å². The first kappa shape index (κ1) is 13.8. The van der Waals surface area contributed by atoms with Crippen molar-refractivity contribution in [2.24, 2.45) is 0 Å². The van der Waals surface area contributed by atoms with Gasteiger partial charge in [-0.15, -0.1) is 0 Å². The molecule has 0 saturated carbocycles. The van der Waals surface area contributed by atoms with Gasteiger partial charge in [0.15, 0.2) is 0 Å². The van der Waals surface area contributed by atoms with Gasteiger partial charge in [0.1, 0.15) is 24.4 Å². The van der Waals surface area contributed by atoms with Crippen LogP contribution in [0.25, 0.3) is 0 Å². The number of hydrogen-bond acceptors (Lipinski definition) is 6. The summed E-state index contributed by atoms with van der Waals surface area (Å²) < 4.78 is 14.8. The van der Waals surface area contributed by atoms with Gasteiger partial charge < -0.3 is 30.2 Å². The molecular formula is C7H13O8P. The maximum Gasteiger partial charge on any atom is 0.470 e. The van der Waals surface area contributed by atoms with E-state index in [4.69, 9.17) is 14.9 Å². The average Bonchev–Trinajstić information content (AvgIpc) is 2.17. The SMILES string of the molecule is O=P(O)(O)OC1C=C(CO)C(O)C(O)C1O. The van der Waals surface area contributed by atoms with Crippen molar-refractivity contribution in [1.29, 1.82) is 0 Å². The number of hydrogen-bond donors (Lipinski definition) is 6. The fraction of sp³-hybridized carbons (Fsp3) is 0.714. The maximum absolute atomic E-state index is 10.6. The van der Waals surface area contributed by atoms with Gasteiger partial charge in [-0.25, -0.2) is 4.57 Å². The molecule has 0 aromatic carbocycles. The first-order valence-corrected chi connectivity index (χ1v) is 5.89. The van der Waals surface area contributed by atoms with Gasteiger partial charge in [-0.1, -0.05) is 0 Å². The summed E-state index contributed by atoms with van der Waals surface area (Å²) in [6.45, 7) is -0.619. The molecular weight excluding hydrogens is 243 g/mol. The van der Waals surface area contributed by atoms with Crippen LogP contribution < -0.4 is 0 Å². The predicted octanol–water partition coefficient (Wildman–Crippen LogP) is -2.52. The molecule has 0 heterocycles. The highest BCUT2D eigenvalue weighted by molar-refractivity contribution is 7.46. The summed E-state index contributed by atoms with van der Waals surface area (Å²) in [6.07, 6.45) is -5.36. The Balaban J connectivity index is 2.92. The topological polar surface area (TPSA) is 148 Å². The van der Waals surface area contributed by atoms with E-state index < -0.39 is 38.8 Å². The van der Waals surface area contributed by atoms with Crippen molar-refractivity contribution in [2.45, 2.75) is 24.4 Å². The zero-order valence-corrected chi connectivity index (χ0v) is 8.94. The van der Waals surface area contributed by atoms with Gasteiger partial charge in [0.05, 0.1) is 6.61 Å². The lowest BCUT2D eigenvalue weighted by atomic mass is 9.90. The van der Waals surface area contributed by atoms with Gasteiger partial charge >= 0.3 is 7.82 Å². The van der Waals surface area contributed by atoms with Crippen LogP contribution in [0.15, 0.2) is 11.6 Å². The van der Waals surface area contributed by atoms with Gasteiger partial charge in [-0.2, -0.15) is 0 Å². The lowest BCUT2D eigenvalue weighted by Crippen LogP contribution is -2.49. The van der Waals surface area contributed by atoms with Crippen LogP contribution in [-0.4, -0.2) is 61.2 Å². The number of phosphoric acid groups is 1. The molecule has 16 heavy (non-hydrogen) atoms. The number of phosphoric ester groups is 1. The van der Waals surface area contributed by atoms with Crippen LogP contribution in [0.1, 0.15) is 0 Å². The Kier molecular flexibility index (Phi) is 4.22. The Morgan fingerprint density at radius 2 is 1.81 bits per heavy atom. The summed E-state index contributed by atoms with van der Waals surface area (Å²) in [5, 5.41) is 36.9. The van der Waals surface area contributed by atoms with Gasteiger partial charge in [0.25, 0.3) is 0 Å². The zero-order chi connectivity index (χ0) is 12.5. The highest BCUT2D eigenvalue weighted by Crippen LogP contribution is 2.40. The molecule has 0 radical (unpaired) electrons. The van der Waals surface area contributed by atoms with Crippen LogP contribution in [0.2, 0.25) is 0 Å². The van der Waals surface area contributed by atoms with Gasteiger partial charge in [-0.05, 0) is 11.6 Å². The van der Waals surface area contributed by atoms with Crippen LogP contribution >= 0.6 is 7.82 Å². The fourth-order valence-electron chi connectivity index (χ4n) is 1.41. The Labute approximate surface area is 90.7 Å². The largest absolute Gasteiger partial charge is 0.470 e. The number of aliphatic hydroxyl groups excluding tert-OH is 4. The van der Waals surface area contributed by atoms with E-state index in [-0.39, 0.29) is 5.57 Å². The van der Waals surface area contributed by atoms with Crippen molar-refractivity contribution in [2.75, 3.05) is 6.61 Å². The molecule has 8 nitrogen and oxygen atoms in total. The van der Waals surface area contributed by atoms with E-state index in [1.807, 2.05) is 0 Å². The smallest absolute Gasteiger partial charge is 0.392 e. The Bertz CT molecular complexity index is 322. The molecule has 6 N–H and O–H groups in total. The molecule has 0 aromatic rings. The Morgan fingerprint density at radius 3 is 2.25 bits per heavy atom. The second-order valence-corrected chi connectivity index (χ2v) is 4.58. The van der Waals surface area contributed by atoms with Crippen molar-refractivity contribution in [3.8, 4) is 0 Å². The molecule has 4 atom stereocenters. The molecule has 1 aliphatic carbocycles. The first-order chi connectivity index (χ1) is 7.26. The van der Waals surface area contributed by atoms with Crippen molar-refractivity contribution in [3.05, 3.63) is 11.6 Å². The molecule has 0 aromatic heterocycles. The van der Waals surface area contributed by atoms with E-state index in [0.29, 0.717) is 0 Å². The van der Waals surface area contributed by atoms with E-state index in [1.54, 1.807) is 0 Å². The predicted molar refractivity (Wildman–Crippen MR) is 50.1 cm³/mol. The highest BCUT2D eigenvalue weighted by atomic mass is 31.2. The molecule has 0 saturated heterocycles. The molecule has 1 aliphatic rings. The van der Waals surface area contributed by atoms with E-state index in [1.165, 1.54) is 0 Å². The monoisotopic (exact) mass is 256 g/mol. The van der Waals surface area contributed by atoms with Crippen molar-refractivity contribution in [1.82, 2.24) is 0 Å². The fourth-order valence-corrected chi connectivity index (χ4v) is 1.91. The summed E-state index contributed by atoms with van der Waals surface area (Å²) >= 11 is 0. The third-order valence-electron chi connectivity index (χ3n) is 2.21. The molecule has 0 bridgehead atoms. The third kappa shape index (κ3) is 3.09. The highest BCUT2D eigenvalue weighted by Gasteiger charge is 2.40. The summed E-state index contributed by atoms with van der Waals surface area (Å²) in [5.74, 6) is 0. The van der Waals surface area contributed by atoms with E-state index in [9.17, 15) is 19.9 Å². The minimum absolute atomic E-state index is 0.0729. The molecule has 0 aliphatic heterocycles. The van der Waals surface area contributed by atoms with E-state index >= 15 is 0 Å². The Morgan fingerprint density at radius 1 is 1.25 bits per heavy atom. The summed E-state index contributed by atoms with van der Waals surface area (Å²) in [5.41, 5.74) is -0.0729. The van der Waals surface area contributed by atoms with Crippen LogP contribution in [-0.2, 0) is 9.09 Å². The summed E-state index contributed by atoms with van der Waals surface area (Å²) in [7, 11) is -4.83. The molecule has 94 valence electrons. The normalized spacial score (nSPS) is 36.0. The molecule has 4 unspecified atom stereocenters. The van der Waals surface area contributed by atoms with Crippen LogP contribution in [0.4, 0.5) is 0 Å². The Hall–Kier alpha value is -0.310. The lowest BCUT2D eigenvalue weighted by Gasteiger charge is -2.33. The second kappa shape index (κ2) is 4.91. The number of aliphatic hydroxyl groups is 4. The summed E-state index contributed by atoms with van der Waals surface area (Å²) in [6, 6.07) is 0. The van der Waals surface area contributed by atoms with Crippen molar-refractivity contribution >= 4 is 7.82 Å². The summed E-state index contributed by atoms with van der Waals surface area (Å²) in [4.78, 5) is 17.1. The first-order valence-electron chi connectivity index (χ1n) is 4.36. The third-order valence-corrected chi connectivity index (χ3v) is 2.73. The van der Waals surface area contributed by atoms with Gasteiger partial charge in [0, 0.05) is 0 Å². The molecule has 0 spiro atoms. The molecule has 0 fully saturated rings. The molecule has 1 rings (SSSR count). The molecule has 0 amide bonds. The lowest BCUT2D eigenvalue weighted by molar-refractivity contribution is -0.0928. The average molecular weight is 256 g/mol. The van der Waals surface area contributed by atoms with Crippen LogP contribution in [0.5, 0.6) is 0 Å². The van der Waals surface area contributed by atoms with Gasteiger partial charge in [-0.3, -0.25) is 4.52 Å². The van der Waals surface area contributed by atoms with Crippen LogP contribution in [0.3, 0.4) is 0 Å². The van der Waals surface area contributed by atoms with Crippen molar-refractivity contribution in [3.63, 3.8) is 0 Å². The number of rotatable bonds is 3. The van der Waals surface area contributed by atoms with Gasteiger partial charge in [0.2, 0.25) is 0 Å². The second-order valence-electron chi connectivity index (χ2n) is 3.39. The van der Waals surface area contributed by atoms with Crippen molar-refractivity contribution < 1.29 is 39.3 Å². The zero-order valence-electron chi connectivity index (χ0n) is 8.04. The minimum Gasteiger partial charge on any atom is -0.392 e. The quantitative estimate of drug-likeness (QED) is 0.239. The standard InChI is InChI=1S/C7H13O8P/c8-2-3-1-4(15-16(12,13)14)6(10)7(11)5(3)9/h1,4-11H,2H2,(H2,12,13,14). The molecule has 9 heteroatoms. The minimum atomic E-state index is -4.83.